The van der Waals surface area contributed by atoms with Crippen LogP contribution in [0.5, 0.6) is 0 Å². The van der Waals surface area contributed by atoms with Gasteiger partial charge in [-0.1, -0.05) is 30.3 Å². The third kappa shape index (κ3) is 6.35. The monoisotopic (exact) mass is 532 g/mol. The van der Waals surface area contributed by atoms with Crippen LogP contribution in [0.15, 0.2) is 53.5 Å². The van der Waals surface area contributed by atoms with Crippen molar-refractivity contribution in [3.8, 4) is 0 Å². The van der Waals surface area contributed by atoms with E-state index in [-0.39, 0.29) is 42.3 Å². The maximum absolute atomic E-state index is 12.9. The quantitative estimate of drug-likeness (QED) is 0.302. The van der Waals surface area contributed by atoms with E-state index < -0.39 is 11.7 Å². The molecule has 0 fully saturated rings. The number of guanidine groups is 1. The second kappa shape index (κ2) is 10.6. The molecule has 1 aliphatic heterocycles. The molecule has 3 N–H and O–H groups in total. The number of hydrogen-bond acceptors (Lipinski definition) is 2. The van der Waals surface area contributed by atoms with Crippen LogP contribution in [0.1, 0.15) is 36.0 Å². The van der Waals surface area contributed by atoms with E-state index in [4.69, 9.17) is 0 Å². The van der Waals surface area contributed by atoms with Crippen molar-refractivity contribution in [2.75, 3.05) is 18.4 Å². The largest absolute Gasteiger partial charge is 0.416 e. The van der Waals surface area contributed by atoms with E-state index in [0.29, 0.717) is 31.0 Å². The van der Waals surface area contributed by atoms with Crippen molar-refractivity contribution in [1.29, 1.82) is 0 Å². The number of fused-ring (bicyclic) bond motifs is 1. The van der Waals surface area contributed by atoms with Gasteiger partial charge in [0.1, 0.15) is 0 Å². The summed E-state index contributed by atoms with van der Waals surface area (Å²) < 4.78 is 38.6. The molecule has 0 aromatic heterocycles. The van der Waals surface area contributed by atoms with Crippen molar-refractivity contribution in [3.05, 3.63) is 65.2 Å². The Morgan fingerprint density at radius 1 is 1.17 bits per heavy atom. The minimum absolute atomic E-state index is 0. The maximum Gasteiger partial charge on any atom is 0.416 e. The van der Waals surface area contributed by atoms with Gasteiger partial charge in [-0.05, 0) is 36.2 Å². The lowest BCUT2D eigenvalue weighted by atomic mass is 9.90. The number of hydrogen-bond donors (Lipinski definition) is 3. The lowest BCUT2D eigenvalue weighted by molar-refractivity contribution is -0.137. The van der Waals surface area contributed by atoms with Crippen LogP contribution >= 0.6 is 24.0 Å². The summed E-state index contributed by atoms with van der Waals surface area (Å²) in [5.41, 5.74) is 1.64. The molecule has 0 radical (unpaired) electrons. The van der Waals surface area contributed by atoms with Crippen molar-refractivity contribution < 1.29 is 18.0 Å². The average molecular weight is 532 g/mol. The number of nitrogens with zero attached hydrogens (tertiary/aromatic N) is 1. The zero-order valence-corrected chi connectivity index (χ0v) is 18.8. The molecule has 0 bridgehead atoms. The van der Waals surface area contributed by atoms with Crippen LogP contribution in [-0.4, -0.2) is 25.0 Å². The number of benzene rings is 2. The summed E-state index contributed by atoms with van der Waals surface area (Å²) in [5.74, 6) is 0.437. The molecule has 9 heteroatoms. The zero-order valence-electron chi connectivity index (χ0n) is 16.4. The summed E-state index contributed by atoms with van der Waals surface area (Å²) in [6.07, 6.45) is -4.02. The van der Waals surface area contributed by atoms with Gasteiger partial charge in [-0.15, -0.1) is 24.0 Å². The third-order valence-corrected chi connectivity index (χ3v) is 4.64. The first-order valence-corrected chi connectivity index (χ1v) is 9.44. The van der Waals surface area contributed by atoms with Gasteiger partial charge in [0.15, 0.2) is 5.96 Å². The molecule has 3 rings (SSSR count). The highest BCUT2D eigenvalue weighted by atomic mass is 127. The fraction of sp³-hybridized carbons (Fsp3) is 0.333. The second-order valence-corrected chi connectivity index (χ2v) is 6.81. The van der Waals surface area contributed by atoms with Crippen LogP contribution < -0.4 is 16.0 Å². The number of carbonyl (C=O) groups is 1. The van der Waals surface area contributed by atoms with E-state index in [1.54, 1.807) is 6.07 Å². The SMILES string of the molecule is CCNC(=NCc1cccc(C(F)(F)F)c1)NCC1CC(=O)Nc2ccccc21.I. The van der Waals surface area contributed by atoms with Gasteiger partial charge in [0.25, 0.3) is 0 Å². The summed E-state index contributed by atoms with van der Waals surface area (Å²) in [7, 11) is 0. The number of halogens is 4. The zero-order chi connectivity index (χ0) is 20.9. The number of aliphatic imine (C=N–C) groups is 1. The van der Waals surface area contributed by atoms with Gasteiger partial charge in [-0.3, -0.25) is 4.79 Å². The molecule has 30 heavy (non-hydrogen) atoms. The van der Waals surface area contributed by atoms with Crippen LogP contribution in [0.4, 0.5) is 18.9 Å². The Hall–Kier alpha value is -2.30. The third-order valence-electron chi connectivity index (χ3n) is 4.64. The Balaban J connectivity index is 0.00000320. The van der Waals surface area contributed by atoms with Crippen molar-refractivity contribution in [2.45, 2.75) is 32.0 Å². The average Bonchev–Trinajstić information content (AvgIpc) is 2.69. The number of rotatable bonds is 5. The highest BCUT2D eigenvalue weighted by molar-refractivity contribution is 14.0. The van der Waals surface area contributed by atoms with Crippen LogP contribution in [0.3, 0.4) is 0 Å². The first kappa shape index (κ1) is 24.0. The smallest absolute Gasteiger partial charge is 0.357 e. The van der Waals surface area contributed by atoms with Crippen LogP contribution in [0.25, 0.3) is 0 Å². The van der Waals surface area contributed by atoms with Gasteiger partial charge in [0, 0.05) is 31.1 Å². The topological polar surface area (TPSA) is 65.5 Å². The molecule has 0 aliphatic carbocycles. The van der Waals surface area contributed by atoms with Crippen molar-refractivity contribution >= 4 is 41.5 Å². The minimum atomic E-state index is -4.38. The van der Waals surface area contributed by atoms with Gasteiger partial charge in [0.05, 0.1) is 12.1 Å². The summed E-state index contributed by atoms with van der Waals surface area (Å²) >= 11 is 0. The molecule has 1 atom stereocenters. The predicted octanol–water partition coefficient (Wildman–Crippen LogP) is 4.50. The fourth-order valence-electron chi connectivity index (χ4n) is 3.26. The van der Waals surface area contributed by atoms with E-state index >= 15 is 0 Å². The lowest BCUT2D eigenvalue weighted by Gasteiger charge is -2.26. The Bertz CT molecular complexity index is 902. The molecule has 1 heterocycles. The number of amides is 1. The molecule has 0 saturated carbocycles. The van der Waals surface area contributed by atoms with Crippen molar-refractivity contribution in [1.82, 2.24) is 10.6 Å². The van der Waals surface area contributed by atoms with E-state index in [0.717, 1.165) is 23.4 Å². The van der Waals surface area contributed by atoms with Gasteiger partial charge in [0.2, 0.25) is 5.91 Å². The predicted molar refractivity (Wildman–Crippen MR) is 122 cm³/mol. The molecule has 0 saturated heterocycles. The summed E-state index contributed by atoms with van der Waals surface area (Å²) in [6.45, 7) is 3.11. The summed E-state index contributed by atoms with van der Waals surface area (Å²) in [6, 6.07) is 12.8. The number of anilines is 1. The van der Waals surface area contributed by atoms with E-state index in [1.165, 1.54) is 6.07 Å². The second-order valence-electron chi connectivity index (χ2n) is 6.81. The molecule has 1 amide bonds. The minimum Gasteiger partial charge on any atom is -0.357 e. The lowest BCUT2D eigenvalue weighted by Crippen LogP contribution is -2.40. The Morgan fingerprint density at radius 3 is 2.67 bits per heavy atom. The molecule has 5 nitrogen and oxygen atoms in total. The van der Waals surface area contributed by atoms with Gasteiger partial charge >= 0.3 is 6.18 Å². The summed E-state index contributed by atoms with van der Waals surface area (Å²) in [5, 5.41) is 9.15. The number of para-hydroxylation sites is 1. The maximum atomic E-state index is 12.9. The Labute approximate surface area is 190 Å². The molecule has 2 aromatic carbocycles. The highest BCUT2D eigenvalue weighted by Crippen LogP contribution is 2.31. The van der Waals surface area contributed by atoms with Crippen molar-refractivity contribution in [2.24, 2.45) is 4.99 Å². The number of nitrogens with one attached hydrogen (secondary N) is 3. The standard InChI is InChI=1S/C21H23F3N4O.HI/c1-2-25-20(26-12-14-6-5-7-16(10-14)21(22,23)24)27-13-15-11-19(29)28-18-9-4-3-8-17(15)18;/h3-10,15H,2,11-13H2,1H3,(H,28,29)(H2,25,26,27);1H. The number of carbonyl (C=O) groups excluding carboxylic acids is 1. The molecular weight excluding hydrogens is 508 g/mol. The van der Waals surface area contributed by atoms with Crippen LogP contribution in [0.2, 0.25) is 0 Å². The van der Waals surface area contributed by atoms with Crippen LogP contribution in [-0.2, 0) is 17.5 Å². The van der Waals surface area contributed by atoms with Crippen molar-refractivity contribution in [3.63, 3.8) is 0 Å². The highest BCUT2D eigenvalue weighted by Gasteiger charge is 2.30. The van der Waals surface area contributed by atoms with Crippen LogP contribution in [0, 0.1) is 0 Å². The number of alkyl halides is 3. The fourth-order valence-corrected chi connectivity index (χ4v) is 3.26. The normalized spacial score (nSPS) is 16.2. The first-order valence-electron chi connectivity index (χ1n) is 9.44. The Morgan fingerprint density at radius 2 is 1.93 bits per heavy atom. The van der Waals surface area contributed by atoms with Gasteiger partial charge in [-0.2, -0.15) is 13.2 Å². The molecule has 162 valence electrons. The van der Waals surface area contributed by atoms with E-state index in [2.05, 4.69) is 20.9 Å². The molecule has 2 aromatic rings. The molecule has 0 spiro atoms. The van der Waals surface area contributed by atoms with Gasteiger partial charge in [-0.25, -0.2) is 4.99 Å². The first-order chi connectivity index (χ1) is 13.9. The molecule has 1 aliphatic rings. The molecule has 1 unspecified atom stereocenters. The molecular formula is C21H24F3IN4O. The van der Waals surface area contributed by atoms with E-state index in [9.17, 15) is 18.0 Å². The summed E-state index contributed by atoms with van der Waals surface area (Å²) in [4.78, 5) is 16.3. The van der Waals surface area contributed by atoms with E-state index in [1.807, 2.05) is 31.2 Å². The Kier molecular flexibility index (Phi) is 8.51. The van der Waals surface area contributed by atoms with Gasteiger partial charge < -0.3 is 16.0 Å².